The van der Waals surface area contributed by atoms with Gasteiger partial charge in [-0.1, -0.05) is 27.7 Å². The summed E-state index contributed by atoms with van der Waals surface area (Å²) in [5.41, 5.74) is 2.16. The Kier molecular flexibility index (Phi) is 8.71. The molecule has 1 heterocycles. The summed E-state index contributed by atoms with van der Waals surface area (Å²) in [7, 11) is 0. The summed E-state index contributed by atoms with van der Waals surface area (Å²) in [6.45, 7) is 8.27. The molecule has 0 aliphatic heterocycles. The molecule has 1 unspecified atom stereocenters. The van der Waals surface area contributed by atoms with E-state index in [9.17, 15) is 18.3 Å². The zero-order valence-electron chi connectivity index (χ0n) is 18.3. The maximum Gasteiger partial charge on any atom is 0.416 e. The number of aromatic nitrogens is 1. The lowest BCUT2D eigenvalue weighted by Crippen LogP contribution is -2.36. The molecule has 2 aromatic rings. The van der Waals surface area contributed by atoms with Crippen LogP contribution in [0.3, 0.4) is 0 Å². The van der Waals surface area contributed by atoms with Gasteiger partial charge in [0.15, 0.2) is 0 Å². The standard InChI is InChI=1S/C22H27F3N2O.C2H6/c1-3-15(2)20-12-13-26-14-21(20)27(18-8-10-19(28)11-9-18)17-6-4-16(5-7-17)22(23,24)25;1-2/h4-7,12-15,18-19,28H,3,8-11H2,1-2H3;1-2H3. The van der Waals surface area contributed by atoms with Crippen LogP contribution in [0.5, 0.6) is 0 Å². The molecule has 0 spiro atoms. The second-order valence-electron chi connectivity index (χ2n) is 7.62. The van der Waals surface area contributed by atoms with Crippen LogP contribution in [0.1, 0.15) is 76.8 Å². The van der Waals surface area contributed by atoms with Crippen LogP contribution in [-0.2, 0) is 6.18 Å². The lowest BCUT2D eigenvalue weighted by atomic mass is 9.90. The normalized spacial score (nSPS) is 20.1. The Morgan fingerprint density at radius 2 is 1.67 bits per heavy atom. The third-order valence-corrected chi connectivity index (χ3v) is 5.74. The SMILES string of the molecule is CC.CCC(C)c1ccncc1N(c1ccc(C(F)(F)F)cc1)C1CCC(O)CC1. The molecule has 1 aromatic carbocycles. The molecule has 0 saturated heterocycles. The van der Waals surface area contributed by atoms with E-state index in [1.807, 2.05) is 26.1 Å². The number of rotatable bonds is 5. The predicted octanol–water partition coefficient (Wildman–Crippen LogP) is 7.08. The summed E-state index contributed by atoms with van der Waals surface area (Å²) < 4.78 is 39.0. The Bertz CT molecular complexity index is 769. The molecule has 166 valence electrons. The Morgan fingerprint density at radius 1 is 1.07 bits per heavy atom. The van der Waals surface area contributed by atoms with E-state index in [4.69, 9.17) is 0 Å². The van der Waals surface area contributed by atoms with Gasteiger partial charge in [-0.05, 0) is 73.9 Å². The number of hydrogen-bond donors (Lipinski definition) is 1. The van der Waals surface area contributed by atoms with Gasteiger partial charge in [-0.2, -0.15) is 13.2 Å². The van der Waals surface area contributed by atoms with Crippen molar-refractivity contribution in [3.8, 4) is 0 Å². The average Bonchev–Trinajstić information content (AvgIpc) is 2.76. The van der Waals surface area contributed by atoms with Crippen molar-refractivity contribution in [1.29, 1.82) is 0 Å². The molecule has 1 fully saturated rings. The topological polar surface area (TPSA) is 36.4 Å². The van der Waals surface area contributed by atoms with Crippen LogP contribution in [-0.4, -0.2) is 22.2 Å². The van der Waals surface area contributed by atoms with Gasteiger partial charge in [0.1, 0.15) is 0 Å². The fourth-order valence-electron chi connectivity index (χ4n) is 3.91. The van der Waals surface area contributed by atoms with Crippen LogP contribution in [0.15, 0.2) is 42.7 Å². The summed E-state index contributed by atoms with van der Waals surface area (Å²) in [6.07, 6.45) is 2.85. The molecule has 0 bridgehead atoms. The van der Waals surface area contributed by atoms with Crippen LogP contribution in [0.25, 0.3) is 0 Å². The number of nitrogens with zero attached hydrogens (tertiary/aromatic N) is 2. The molecule has 0 radical (unpaired) electrons. The van der Waals surface area contributed by atoms with Crippen molar-refractivity contribution in [2.24, 2.45) is 0 Å². The van der Waals surface area contributed by atoms with E-state index in [1.165, 1.54) is 0 Å². The summed E-state index contributed by atoms with van der Waals surface area (Å²) in [5.74, 6) is 0.309. The first-order valence-electron chi connectivity index (χ1n) is 10.9. The number of anilines is 2. The molecule has 1 saturated carbocycles. The highest BCUT2D eigenvalue weighted by atomic mass is 19.4. The smallest absolute Gasteiger partial charge is 0.393 e. The molecule has 1 aromatic heterocycles. The van der Waals surface area contributed by atoms with Crippen LogP contribution >= 0.6 is 0 Å². The minimum Gasteiger partial charge on any atom is -0.393 e. The van der Waals surface area contributed by atoms with Gasteiger partial charge in [-0.3, -0.25) is 4.98 Å². The van der Waals surface area contributed by atoms with Gasteiger partial charge in [-0.15, -0.1) is 0 Å². The monoisotopic (exact) mass is 422 g/mol. The van der Waals surface area contributed by atoms with Gasteiger partial charge in [0.25, 0.3) is 0 Å². The number of alkyl halides is 3. The number of benzene rings is 1. The second kappa shape index (κ2) is 10.8. The quantitative estimate of drug-likeness (QED) is 0.559. The summed E-state index contributed by atoms with van der Waals surface area (Å²) >= 11 is 0. The molecule has 1 N–H and O–H groups in total. The van der Waals surface area contributed by atoms with Gasteiger partial charge in [0, 0.05) is 17.9 Å². The van der Waals surface area contributed by atoms with E-state index in [0.29, 0.717) is 18.8 Å². The summed E-state index contributed by atoms with van der Waals surface area (Å²) in [5, 5.41) is 9.90. The van der Waals surface area contributed by atoms with E-state index in [-0.39, 0.29) is 12.1 Å². The lowest BCUT2D eigenvalue weighted by molar-refractivity contribution is -0.137. The highest BCUT2D eigenvalue weighted by Crippen LogP contribution is 2.39. The van der Waals surface area contributed by atoms with Crippen molar-refractivity contribution in [3.63, 3.8) is 0 Å². The minimum absolute atomic E-state index is 0.118. The highest BCUT2D eigenvalue weighted by molar-refractivity contribution is 5.67. The molecule has 6 heteroatoms. The number of halogens is 3. The second-order valence-corrected chi connectivity index (χ2v) is 7.62. The number of pyridine rings is 1. The Balaban J connectivity index is 0.00000155. The maximum absolute atomic E-state index is 13.0. The number of aliphatic hydroxyl groups is 1. The highest BCUT2D eigenvalue weighted by Gasteiger charge is 2.32. The molecule has 30 heavy (non-hydrogen) atoms. The van der Waals surface area contributed by atoms with E-state index in [1.54, 1.807) is 18.3 Å². The van der Waals surface area contributed by atoms with Gasteiger partial charge in [0.05, 0.1) is 23.6 Å². The van der Waals surface area contributed by atoms with Crippen molar-refractivity contribution in [2.45, 2.75) is 84.0 Å². The van der Waals surface area contributed by atoms with Crippen LogP contribution < -0.4 is 4.90 Å². The first kappa shape index (κ1) is 24.2. The molecule has 0 amide bonds. The Labute approximate surface area is 178 Å². The van der Waals surface area contributed by atoms with Crippen molar-refractivity contribution in [1.82, 2.24) is 4.98 Å². The zero-order chi connectivity index (χ0) is 22.3. The van der Waals surface area contributed by atoms with E-state index >= 15 is 0 Å². The Morgan fingerprint density at radius 3 is 2.20 bits per heavy atom. The van der Waals surface area contributed by atoms with Gasteiger partial charge >= 0.3 is 6.18 Å². The molecule has 1 atom stereocenters. The lowest BCUT2D eigenvalue weighted by Gasteiger charge is -2.39. The van der Waals surface area contributed by atoms with E-state index in [2.05, 4.69) is 23.7 Å². The first-order valence-corrected chi connectivity index (χ1v) is 10.9. The van der Waals surface area contributed by atoms with Crippen LogP contribution in [0.4, 0.5) is 24.5 Å². The van der Waals surface area contributed by atoms with Gasteiger partial charge in [0.2, 0.25) is 0 Å². The van der Waals surface area contributed by atoms with E-state index < -0.39 is 11.7 Å². The molecule has 3 rings (SSSR count). The fraction of sp³-hybridized carbons (Fsp3) is 0.542. The third-order valence-electron chi connectivity index (χ3n) is 5.74. The minimum atomic E-state index is -4.35. The molecular weight excluding hydrogens is 389 g/mol. The number of hydrogen-bond acceptors (Lipinski definition) is 3. The zero-order valence-corrected chi connectivity index (χ0v) is 18.3. The van der Waals surface area contributed by atoms with Crippen molar-refractivity contribution < 1.29 is 18.3 Å². The van der Waals surface area contributed by atoms with Crippen molar-refractivity contribution in [3.05, 3.63) is 53.9 Å². The van der Waals surface area contributed by atoms with Crippen LogP contribution in [0.2, 0.25) is 0 Å². The number of aliphatic hydroxyl groups excluding tert-OH is 1. The Hall–Kier alpha value is -2.08. The van der Waals surface area contributed by atoms with Crippen LogP contribution in [0, 0.1) is 0 Å². The largest absolute Gasteiger partial charge is 0.416 e. The summed E-state index contributed by atoms with van der Waals surface area (Å²) in [4.78, 5) is 6.43. The fourth-order valence-corrected chi connectivity index (χ4v) is 3.91. The van der Waals surface area contributed by atoms with E-state index in [0.717, 1.165) is 48.3 Å². The third kappa shape index (κ3) is 5.75. The van der Waals surface area contributed by atoms with Gasteiger partial charge < -0.3 is 10.0 Å². The van der Waals surface area contributed by atoms with Crippen molar-refractivity contribution in [2.75, 3.05) is 4.90 Å². The molecule has 3 nitrogen and oxygen atoms in total. The maximum atomic E-state index is 13.0. The van der Waals surface area contributed by atoms with Gasteiger partial charge in [-0.25, -0.2) is 0 Å². The summed E-state index contributed by atoms with van der Waals surface area (Å²) in [6, 6.07) is 7.48. The molecule has 1 aliphatic rings. The molecule has 1 aliphatic carbocycles. The first-order chi connectivity index (χ1) is 14.3. The van der Waals surface area contributed by atoms with Crippen molar-refractivity contribution >= 4 is 11.4 Å². The predicted molar refractivity (Wildman–Crippen MR) is 116 cm³/mol. The average molecular weight is 423 g/mol. The molecular formula is C24H33F3N2O.